The van der Waals surface area contributed by atoms with Gasteiger partial charge < -0.3 is 20.1 Å². The van der Waals surface area contributed by atoms with E-state index in [2.05, 4.69) is 55.3 Å². The number of pyridine rings is 1. The lowest BCUT2D eigenvalue weighted by atomic mass is 9.73. The Kier molecular flexibility index (Phi) is 5.44. The molecular weight excluding hydrogens is 460 g/mol. The monoisotopic (exact) mass is 490 g/mol. The first-order valence-electron chi connectivity index (χ1n) is 11.8. The minimum Gasteiger partial charge on any atom is -0.496 e. The van der Waals surface area contributed by atoms with E-state index < -0.39 is 6.09 Å². The fourth-order valence-electron chi connectivity index (χ4n) is 5.67. The molecule has 0 saturated heterocycles. The highest BCUT2D eigenvalue weighted by Crippen LogP contribution is 2.55. The maximum atomic E-state index is 12.7. The van der Waals surface area contributed by atoms with Gasteiger partial charge in [-0.2, -0.15) is 0 Å². The first kappa shape index (κ1) is 23.4. The van der Waals surface area contributed by atoms with Crippen molar-refractivity contribution in [3.8, 4) is 16.9 Å². The SMILES string of the molecule is COc1cc(C)c2[nH]c(=O)c3sccc3c2c1-c1ccc(C2(C(NC(=O)O)C(C)(C)C)CC2)cc1. The number of nitrogens with one attached hydrogen (secondary N) is 2. The first-order chi connectivity index (χ1) is 16.6. The quantitative estimate of drug-likeness (QED) is 0.300. The summed E-state index contributed by atoms with van der Waals surface area (Å²) in [5.41, 5.74) is 4.34. The Hall–Kier alpha value is -3.32. The minimum absolute atomic E-state index is 0.0770. The second kappa shape index (κ2) is 8.12. The Labute approximate surface area is 208 Å². The molecule has 1 saturated carbocycles. The second-order valence-corrected chi connectivity index (χ2v) is 11.5. The van der Waals surface area contributed by atoms with Crippen LogP contribution in [0.3, 0.4) is 0 Å². The van der Waals surface area contributed by atoms with Gasteiger partial charge in [0, 0.05) is 27.8 Å². The highest BCUT2D eigenvalue weighted by molar-refractivity contribution is 7.17. The molecule has 2 heterocycles. The number of benzene rings is 2. The van der Waals surface area contributed by atoms with Crippen LogP contribution in [0.15, 0.2) is 46.6 Å². The number of aromatic nitrogens is 1. The normalized spacial score (nSPS) is 15.8. The van der Waals surface area contributed by atoms with E-state index in [-0.39, 0.29) is 22.4 Å². The molecular formula is C28H30N2O4S. The van der Waals surface area contributed by atoms with Gasteiger partial charge in [-0.1, -0.05) is 45.0 Å². The molecule has 35 heavy (non-hydrogen) atoms. The summed E-state index contributed by atoms with van der Waals surface area (Å²) in [6.45, 7) is 8.22. The van der Waals surface area contributed by atoms with Crippen molar-refractivity contribution in [1.82, 2.24) is 10.3 Å². The number of fused-ring (bicyclic) bond motifs is 3. The molecule has 0 bridgehead atoms. The van der Waals surface area contributed by atoms with Crippen molar-refractivity contribution >= 4 is 38.4 Å². The van der Waals surface area contributed by atoms with E-state index in [1.807, 2.05) is 24.4 Å². The largest absolute Gasteiger partial charge is 0.496 e. The predicted octanol–water partition coefficient (Wildman–Crippen LogP) is 6.44. The summed E-state index contributed by atoms with van der Waals surface area (Å²) < 4.78 is 6.52. The zero-order chi connectivity index (χ0) is 25.1. The second-order valence-electron chi connectivity index (χ2n) is 10.6. The fraction of sp³-hybridized carbons (Fsp3) is 0.357. The van der Waals surface area contributed by atoms with Crippen LogP contribution in [0.5, 0.6) is 5.75 Å². The van der Waals surface area contributed by atoms with Gasteiger partial charge in [0.2, 0.25) is 0 Å². The number of hydrogen-bond acceptors (Lipinski definition) is 4. The molecule has 2 aromatic heterocycles. The first-order valence-corrected chi connectivity index (χ1v) is 12.7. The van der Waals surface area contributed by atoms with Crippen molar-refractivity contribution < 1.29 is 14.6 Å². The van der Waals surface area contributed by atoms with E-state index in [4.69, 9.17) is 4.74 Å². The number of carbonyl (C=O) groups is 1. The van der Waals surface area contributed by atoms with E-state index >= 15 is 0 Å². The lowest BCUT2D eigenvalue weighted by molar-refractivity contribution is 0.162. The average Bonchev–Trinajstić information content (AvgIpc) is 3.44. The van der Waals surface area contributed by atoms with Gasteiger partial charge in [-0.05, 0) is 59.4 Å². The molecule has 5 rings (SSSR count). The van der Waals surface area contributed by atoms with E-state index in [1.165, 1.54) is 11.3 Å². The number of methoxy groups -OCH3 is 1. The number of ether oxygens (including phenoxy) is 1. The summed E-state index contributed by atoms with van der Waals surface area (Å²) >= 11 is 1.44. The van der Waals surface area contributed by atoms with Gasteiger partial charge in [-0.3, -0.25) is 4.79 Å². The number of hydrogen-bond donors (Lipinski definition) is 3. The summed E-state index contributed by atoms with van der Waals surface area (Å²) in [7, 11) is 1.67. The highest BCUT2D eigenvalue weighted by Gasteiger charge is 2.55. The topological polar surface area (TPSA) is 91.4 Å². The number of thiophene rings is 1. The molecule has 0 radical (unpaired) electrons. The molecule has 7 heteroatoms. The molecule has 6 nitrogen and oxygen atoms in total. The predicted molar refractivity (Wildman–Crippen MR) is 142 cm³/mol. The third-order valence-electron chi connectivity index (χ3n) is 7.31. The molecule has 1 aliphatic rings. The Balaban J connectivity index is 1.67. The molecule has 1 amide bonds. The smallest absolute Gasteiger partial charge is 0.404 e. The van der Waals surface area contributed by atoms with Gasteiger partial charge in [0.15, 0.2) is 0 Å². The number of aryl methyl sites for hydroxylation is 1. The number of H-pyrrole nitrogens is 1. The molecule has 1 unspecified atom stereocenters. The van der Waals surface area contributed by atoms with Crippen LogP contribution in [0.2, 0.25) is 0 Å². The third kappa shape index (κ3) is 3.78. The molecule has 1 atom stereocenters. The highest BCUT2D eigenvalue weighted by atomic mass is 32.1. The maximum absolute atomic E-state index is 12.7. The summed E-state index contributed by atoms with van der Waals surface area (Å²) in [6, 6.07) is 12.2. The number of amides is 1. The van der Waals surface area contributed by atoms with Crippen molar-refractivity contribution in [2.75, 3.05) is 7.11 Å². The van der Waals surface area contributed by atoms with Gasteiger partial charge in [0.05, 0.1) is 12.6 Å². The van der Waals surface area contributed by atoms with Crippen LogP contribution in [0.4, 0.5) is 4.79 Å². The molecule has 1 aliphatic carbocycles. The van der Waals surface area contributed by atoms with Crippen LogP contribution < -0.4 is 15.6 Å². The molecule has 182 valence electrons. The molecule has 0 spiro atoms. The van der Waals surface area contributed by atoms with E-state index in [0.717, 1.165) is 57.1 Å². The standard InChI is InChI=1S/C28H30N2O4S/c1-15-14-19(34-5)20(21-18-10-13-35-23(18)24(31)29-22(15)21)16-6-8-17(9-7-16)28(11-12-28)25(27(2,3)4)30-26(32)33/h6-10,13-14,25,30H,11-12H2,1-5H3,(H,29,31)(H,32,33). The third-order valence-corrected chi connectivity index (χ3v) is 8.22. The van der Waals surface area contributed by atoms with E-state index in [0.29, 0.717) is 4.70 Å². The molecule has 1 fully saturated rings. The molecule has 2 aromatic carbocycles. The van der Waals surface area contributed by atoms with Crippen LogP contribution in [0.25, 0.3) is 32.1 Å². The van der Waals surface area contributed by atoms with E-state index in [1.54, 1.807) is 7.11 Å². The van der Waals surface area contributed by atoms with Crippen LogP contribution in [0.1, 0.15) is 44.7 Å². The summed E-state index contributed by atoms with van der Waals surface area (Å²) in [4.78, 5) is 27.3. The molecule has 4 aromatic rings. The van der Waals surface area contributed by atoms with Gasteiger partial charge in [-0.25, -0.2) is 4.79 Å². The maximum Gasteiger partial charge on any atom is 0.404 e. The minimum atomic E-state index is -0.988. The van der Waals surface area contributed by atoms with Gasteiger partial charge in [0.1, 0.15) is 10.4 Å². The Morgan fingerprint density at radius 2 is 1.89 bits per heavy atom. The van der Waals surface area contributed by atoms with E-state index in [9.17, 15) is 14.7 Å². The lowest BCUT2D eigenvalue weighted by Gasteiger charge is -2.38. The summed E-state index contributed by atoms with van der Waals surface area (Å²) in [5.74, 6) is 0.753. The molecule has 0 aliphatic heterocycles. The average molecular weight is 491 g/mol. The summed E-state index contributed by atoms with van der Waals surface area (Å²) in [6.07, 6.45) is 0.905. The zero-order valence-electron chi connectivity index (χ0n) is 20.6. The molecule has 3 N–H and O–H groups in total. The van der Waals surface area contributed by atoms with Crippen molar-refractivity contribution in [2.45, 2.75) is 52.0 Å². The van der Waals surface area contributed by atoms with Crippen LogP contribution in [-0.4, -0.2) is 29.3 Å². The van der Waals surface area contributed by atoms with Crippen LogP contribution in [0, 0.1) is 12.3 Å². The van der Waals surface area contributed by atoms with Crippen molar-refractivity contribution in [1.29, 1.82) is 0 Å². The number of carboxylic acid groups (broad SMARTS) is 1. The Morgan fingerprint density at radius 1 is 1.20 bits per heavy atom. The Morgan fingerprint density at radius 3 is 2.46 bits per heavy atom. The number of aromatic amines is 1. The van der Waals surface area contributed by atoms with Crippen LogP contribution >= 0.6 is 11.3 Å². The zero-order valence-corrected chi connectivity index (χ0v) is 21.4. The van der Waals surface area contributed by atoms with Crippen molar-refractivity contribution in [2.24, 2.45) is 5.41 Å². The van der Waals surface area contributed by atoms with Crippen molar-refractivity contribution in [3.63, 3.8) is 0 Å². The van der Waals surface area contributed by atoms with Crippen molar-refractivity contribution in [3.05, 3.63) is 63.3 Å². The van der Waals surface area contributed by atoms with Gasteiger partial charge >= 0.3 is 6.09 Å². The van der Waals surface area contributed by atoms with Gasteiger partial charge in [0.25, 0.3) is 5.56 Å². The lowest BCUT2D eigenvalue weighted by Crippen LogP contribution is -2.51. The number of rotatable bonds is 5. The van der Waals surface area contributed by atoms with Crippen LogP contribution in [-0.2, 0) is 5.41 Å². The Bertz CT molecular complexity index is 1500. The van der Waals surface area contributed by atoms with Gasteiger partial charge in [-0.15, -0.1) is 11.3 Å². The fourth-order valence-corrected chi connectivity index (χ4v) is 6.47. The summed E-state index contributed by atoms with van der Waals surface area (Å²) in [5, 5.41) is 16.1.